The van der Waals surface area contributed by atoms with Gasteiger partial charge in [-0.05, 0) is 24.3 Å². The molecule has 1 atom stereocenters. The molecule has 5 nitrogen and oxygen atoms in total. The molecule has 9 heteroatoms. The minimum atomic E-state index is -3.86. The van der Waals surface area contributed by atoms with E-state index in [2.05, 4.69) is 4.72 Å². The Bertz CT molecular complexity index is 642. The lowest BCUT2D eigenvalue weighted by Crippen LogP contribution is -2.34. The lowest BCUT2D eigenvalue weighted by atomic mass is 10.2. The van der Waals surface area contributed by atoms with Crippen molar-refractivity contribution in [3.05, 3.63) is 27.7 Å². The number of benzene rings is 1. The second-order valence-electron chi connectivity index (χ2n) is 4.22. The summed E-state index contributed by atoms with van der Waals surface area (Å²) < 4.78 is 27.0. The Morgan fingerprint density at radius 1 is 1.40 bits per heavy atom. The maximum atomic E-state index is 12.3. The average molecular weight is 356 g/mol. The molecule has 2 N–H and O–H groups in total. The number of hydrogen-bond donors (Lipinski definition) is 2. The van der Waals surface area contributed by atoms with Crippen LogP contribution in [0.4, 0.5) is 0 Å². The smallest absolute Gasteiger partial charge is 0.338 e. The Labute approximate surface area is 130 Å². The van der Waals surface area contributed by atoms with Crippen LogP contribution < -0.4 is 4.72 Å². The molecule has 1 aliphatic heterocycles. The fourth-order valence-corrected chi connectivity index (χ4v) is 5.29. The minimum Gasteiger partial charge on any atom is -0.478 e. The van der Waals surface area contributed by atoms with Gasteiger partial charge in [0.1, 0.15) is 4.90 Å². The Morgan fingerprint density at radius 3 is 2.65 bits per heavy atom. The Morgan fingerprint density at radius 2 is 2.10 bits per heavy atom. The summed E-state index contributed by atoms with van der Waals surface area (Å²) in [6.07, 6.45) is 0.737. The molecule has 20 heavy (non-hydrogen) atoms. The van der Waals surface area contributed by atoms with Crippen molar-refractivity contribution in [2.75, 3.05) is 11.5 Å². The third kappa shape index (κ3) is 3.23. The molecule has 1 unspecified atom stereocenters. The summed E-state index contributed by atoms with van der Waals surface area (Å²) in [6, 6.07) is 2.26. The van der Waals surface area contributed by atoms with Gasteiger partial charge in [0.25, 0.3) is 0 Å². The molecule has 1 aromatic rings. The standard InChI is InChI=1S/C11H11Cl2NO4S2/c12-7-1-2-8(10(13)9(7)11(15)16)20(17,18)14-6-3-4-19-5-6/h1-2,6,14H,3-5H2,(H,15,16). The van der Waals surface area contributed by atoms with Crippen molar-refractivity contribution < 1.29 is 18.3 Å². The molecule has 1 fully saturated rings. The molecule has 0 radical (unpaired) electrons. The van der Waals surface area contributed by atoms with Gasteiger partial charge in [-0.1, -0.05) is 23.2 Å². The van der Waals surface area contributed by atoms with Crippen LogP contribution >= 0.6 is 35.0 Å². The van der Waals surface area contributed by atoms with Gasteiger partial charge in [-0.25, -0.2) is 17.9 Å². The highest BCUT2D eigenvalue weighted by Gasteiger charge is 2.28. The van der Waals surface area contributed by atoms with Crippen LogP contribution in [0.25, 0.3) is 0 Å². The maximum absolute atomic E-state index is 12.3. The molecule has 1 aromatic carbocycles. The first-order chi connectivity index (χ1) is 9.33. The van der Waals surface area contributed by atoms with E-state index in [1.54, 1.807) is 11.8 Å². The van der Waals surface area contributed by atoms with Crippen molar-refractivity contribution in [3.8, 4) is 0 Å². The SMILES string of the molecule is O=C(O)c1c(Cl)ccc(S(=O)(=O)NC2CCSC2)c1Cl. The topological polar surface area (TPSA) is 83.5 Å². The number of sulfonamides is 1. The van der Waals surface area contributed by atoms with Crippen LogP contribution in [-0.4, -0.2) is 37.0 Å². The zero-order valence-corrected chi connectivity index (χ0v) is 13.2. The van der Waals surface area contributed by atoms with E-state index < -0.39 is 21.6 Å². The molecule has 0 saturated carbocycles. The quantitative estimate of drug-likeness (QED) is 0.866. The van der Waals surface area contributed by atoms with Crippen LogP contribution in [0, 0.1) is 0 Å². The van der Waals surface area contributed by atoms with E-state index in [0.29, 0.717) is 5.75 Å². The number of hydrogen-bond acceptors (Lipinski definition) is 4. The highest BCUT2D eigenvalue weighted by Crippen LogP contribution is 2.31. The number of carboxylic acid groups (broad SMARTS) is 1. The Balaban J connectivity index is 2.41. The fourth-order valence-electron chi connectivity index (χ4n) is 1.85. The first-order valence-corrected chi connectivity index (χ1v) is 9.03. The van der Waals surface area contributed by atoms with Gasteiger partial charge in [-0.3, -0.25) is 0 Å². The van der Waals surface area contributed by atoms with Crippen molar-refractivity contribution in [3.63, 3.8) is 0 Å². The van der Waals surface area contributed by atoms with Crippen molar-refractivity contribution in [2.45, 2.75) is 17.4 Å². The predicted octanol–water partition coefficient (Wildman–Crippen LogP) is 2.48. The second-order valence-corrected chi connectivity index (χ2v) is 7.84. The number of nitrogens with one attached hydrogen (secondary N) is 1. The molecule has 1 heterocycles. The van der Waals surface area contributed by atoms with Crippen LogP contribution in [0.3, 0.4) is 0 Å². The molecular weight excluding hydrogens is 345 g/mol. The first-order valence-electron chi connectivity index (χ1n) is 5.64. The molecule has 0 aromatic heterocycles. The molecule has 0 bridgehead atoms. The number of halogens is 2. The van der Waals surface area contributed by atoms with E-state index in [-0.39, 0.29) is 21.0 Å². The van der Waals surface area contributed by atoms with Gasteiger partial charge in [-0.2, -0.15) is 11.8 Å². The molecule has 0 spiro atoms. The van der Waals surface area contributed by atoms with E-state index >= 15 is 0 Å². The van der Waals surface area contributed by atoms with Crippen molar-refractivity contribution in [1.29, 1.82) is 0 Å². The molecule has 2 rings (SSSR count). The van der Waals surface area contributed by atoms with E-state index in [1.807, 2.05) is 0 Å². The summed E-state index contributed by atoms with van der Waals surface area (Å²) in [4.78, 5) is 10.8. The zero-order valence-electron chi connectivity index (χ0n) is 10.1. The summed E-state index contributed by atoms with van der Waals surface area (Å²) in [6.45, 7) is 0. The van der Waals surface area contributed by atoms with Crippen LogP contribution in [0.5, 0.6) is 0 Å². The lowest BCUT2D eigenvalue weighted by molar-refractivity contribution is 0.0697. The van der Waals surface area contributed by atoms with E-state index in [0.717, 1.165) is 12.2 Å². The maximum Gasteiger partial charge on any atom is 0.338 e. The van der Waals surface area contributed by atoms with Crippen LogP contribution in [-0.2, 0) is 10.0 Å². The molecule has 1 saturated heterocycles. The van der Waals surface area contributed by atoms with Gasteiger partial charge in [0, 0.05) is 11.8 Å². The normalized spacial score (nSPS) is 19.2. The van der Waals surface area contributed by atoms with Gasteiger partial charge in [0.15, 0.2) is 0 Å². The minimum absolute atomic E-state index is 0.0992. The van der Waals surface area contributed by atoms with Gasteiger partial charge in [-0.15, -0.1) is 0 Å². The third-order valence-corrected chi connectivity index (χ3v) is 6.36. The summed E-state index contributed by atoms with van der Waals surface area (Å²) >= 11 is 13.3. The molecular formula is C11H11Cl2NO4S2. The highest BCUT2D eigenvalue weighted by molar-refractivity contribution is 7.99. The average Bonchev–Trinajstić information content (AvgIpc) is 2.79. The van der Waals surface area contributed by atoms with Crippen LogP contribution in [0.1, 0.15) is 16.8 Å². The first kappa shape index (κ1) is 15.9. The summed E-state index contributed by atoms with van der Waals surface area (Å²) in [5.41, 5.74) is -0.406. The summed E-state index contributed by atoms with van der Waals surface area (Å²) in [5.74, 6) is 0.214. The van der Waals surface area contributed by atoms with E-state index in [9.17, 15) is 13.2 Å². The Hall–Kier alpha value is -0.470. The van der Waals surface area contributed by atoms with Crippen molar-refractivity contribution in [1.82, 2.24) is 4.72 Å². The second kappa shape index (κ2) is 6.11. The van der Waals surface area contributed by atoms with E-state index in [1.165, 1.54) is 12.1 Å². The Kier molecular flexibility index (Phi) is 4.86. The predicted molar refractivity (Wildman–Crippen MR) is 79.5 cm³/mol. The monoisotopic (exact) mass is 355 g/mol. The van der Waals surface area contributed by atoms with Crippen molar-refractivity contribution >= 4 is 51.0 Å². The van der Waals surface area contributed by atoms with Gasteiger partial charge < -0.3 is 5.11 Å². The van der Waals surface area contributed by atoms with Crippen molar-refractivity contribution in [2.24, 2.45) is 0 Å². The summed E-state index contributed by atoms with van der Waals surface area (Å²) in [7, 11) is -3.86. The zero-order chi connectivity index (χ0) is 14.9. The van der Waals surface area contributed by atoms with E-state index in [4.69, 9.17) is 28.3 Å². The molecule has 1 aliphatic rings. The number of thioether (sulfide) groups is 1. The molecule has 110 valence electrons. The van der Waals surface area contributed by atoms with Gasteiger partial charge in [0.05, 0.1) is 15.6 Å². The summed E-state index contributed by atoms with van der Waals surface area (Å²) in [5, 5.41) is 8.56. The molecule has 0 aliphatic carbocycles. The number of aromatic carboxylic acids is 1. The van der Waals surface area contributed by atoms with Crippen LogP contribution in [0.2, 0.25) is 10.0 Å². The fraction of sp³-hybridized carbons (Fsp3) is 0.364. The molecule has 0 amide bonds. The third-order valence-electron chi connectivity index (χ3n) is 2.81. The highest BCUT2D eigenvalue weighted by atomic mass is 35.5. The largest absolute Gasteiger partial charge is 0.478 e. The number of rotatable bonds is 4. The van der Waals surface area contributed by atoms with Gasteiger partial charge in [0.2, 0.25) is 10.0 Å². The number of carbonyl (C=O) groups is 1. The number of carboxylic acids is 1. The lowest BCUT2D eigenvalue weighted by Gasteiger charge is -2.14. The van der Waals surface area contributed by atoms with Gasteiger partial charge >= 0.3 is 5.97 Å². The van der Waals surface area contributed by atoms with Crippen LogP contribution in [0.15, 0.2) is 17.0 Å².